The van der Waals surface area contributed by atoms with Crippen LogP contribution in [0.4, 0.5) is 5.82 Å². The highest BCUT2D eigenvalue weighted by Crippen LogP contribution is 2.48. The minimum Gasteiger partial charge on any atom is -0.392 e. The maximum absolute atomic E-state index is 13.8. The van der Waals surface area contributed by atoms with E-state index in [2.05, 4.69) is 18.8 Å². The third-order valence-electron chi connectivity index (χ3n) is 7.46. The summed E-state index contributed by atoms with van der Waals surface area (Å²) in [6, 6.07) is 15.9. The molecule has 0 spiro atoms. The average Bonchev–Trinajstić information content (AvgIpc) is 3.43. The van der Waals surface area contributed by atoms with Gasteiger partial charge in [0.1, 0.15) is 23.3 Å². The Labute approximate surface area is 216 Å². The van der Waals surface area contributed by atoms with Gasteiger partial charge in [-0.3, -0.25) is 14.5 Å². The van der Waals surface area contributed by atoms with E-state index < -0.39 is 11.5 Å². The number of carbonyl (C=O) groups is 2. The number of likely N-dealkylation sites (tertiary alicyclic amines) is 1. The number of amides is 1. The molecule has 2 aromatic carbocycles. The Balaban J connectivity index is 1.67. The lowest BCUT2D eigenvalue weighted by molar-refractivity contribution is -0.126. The number of aliphatic imine (C=N–C) groups is 2. The smallest absolute Gasteiger partial charge is 0.230 e. The normalized spacial score (nSPS) is 20.2. The van der Waals surface area contributed by atoms with Gasteiger partial charge in [0.25, 0.3) is 0 Å². The molecule has 2 aliphatic heterocycles. The van der Waals surface area contributed by atoms with E-state index in [4.69, 9.17) is 9.98 Å². The van der Waals surface area contributed by atoms with Crippen molar-refractivity contribution in [2.75, 3.05) is 0 Å². The first kappa shape index (κ1) is 24.8. The van der Waals surface area contributed by atoms with Crippen LogP contribution in [0, 0.1) is 0 Å². The van der Waals surface area contributed by atoms with Crippen LogP contribution in [0.15, 0.2) is 70.9 Å². The number of fused-ring (bicyclic) bond motifs is 3. The van der Waals surface area contributed by atoms with Gasteiger partial charge in [0.2, 0.25) is 5.91 Å². The number of carbonyl (C=O) groups excluding carboxylic acids is 2. The molecule has 1 saturated heterocycles. The standard InChI is InChI=1S/C29H31N5O3/c1-4-8-19(2)33-18-32-26-27(33)30-17-31-28-29(26,23-13-11-21(16-35)12-14-23)15-24(36)34(28)20(3)25(37)22-9-6-5-7-10-22/h5-7,9-14,17-20,35H,4,8,15-16H2,1-3H3. The predicted molar refractivity (Wildman–Crippen MR) is 142 cm³/mol. The van der Waals surface area contributed by atoms with Crippen LogP contribution in [0.2, 0.25) is 0 Å². The molecule has 5 rings (SSSR count). The van der Waals surface area contributed by atoms with Crippen molar-refractivity contribution in [2.45, 2.75) is 64.1 Å². The van der Waals surface area contributed by atoms with Crippen LogP contribution in [0.25, 0.3) is 0 Å². The number of aliphatic hydroxyl groups excluding tert-OH is 1. The minimum atomic E-state index is -1.01. The van der Waals surface area contributed by atoms with Gasteiger partial charge in [-0.05, 0) is 31.4 Å². The monoisotopic (exact) mass is 497 g/mol. The second kappa shape index (κ2) is 9.86. The number of aliphatic hydroxyl groups is 1. The van der Waals surface area contributed by atoms with E-state index in [1.54, 1.807) is 25.4 Å². The van der Waals surface area contributed by atoms with Crippen LogP contribution in [0.1, 0.15) is 73.3 Å². The molecule has 8 heteroatoms. The first-order valence-corrected chi connectivity index (χ1v) is 12.7. The molecule has 3 aromatic rings. The minimum absolute atomic E-state index is 0.0756. The van der Waals surface area contributed by atoms with E-state index in [0.717, 1.165) is 24.0 Å². The molecular weight excluding hydrogens is 466 g/mol. The lowest BCUT2D eigenvalue weighted by Gasteiger charge is -2.31. The molecule has 3 heterocycles. The summed E-state index contributed by atoms with van der Waals surface area (Å²) in [6.45, 7) is 5.92. The number of hydrogen-bond donors (Lipinski definition) is 1. The molecule has 0 saturated carbocycles. The molecule has 3 atom stereocenters. The number of Topliss-reactive ketones (excluding diaryl/α,β-unsaturated/α-hetero) is 1. The van der Waals surface area contributed by atoms with Crippen molar-refractivity contribution in [2.24, 2.45) is 9.98 Å². The molecule has 1 N–H and O–H groups in total. The lowest BCUT2D eigenvalue weighted by atomic mass is 9.75. The van der Waals surface area contributed by atoms with Gasteiger partial charge in [-0.15, -0.1) is 0 Å². The summed E-state index contributed by atoms with van der Waals surface area (Å²) in [7, 11) is 0. The zero-order valence-electron chi connectivity index (χ0n) is 21.3. The third kappa shape index (κ3) is 4.01. The zero-order chi connectivity index (χ0) is 26.2. The van der Waals surface area contributed by atoms with Crippen molar-refractivity contribution in [3.8, 4) is 0 Å². The number of amidine groups is 1. The highest BCUT2D eigenvalue weighted by Gasteiger charge is 2.57. The topological polar surface area (TPSA) is 100 Å². The lowest BCUT2D eigenvalue weighted by Crippen LogP contribution is -2.47. The van der Waals surface area contributed by atoms with Gasteiger partial charge in [-0.25, -0.2) is 15.0 Å². The van der Waals surface area contributed by atoms with Gasteiger partial charge in [-0.1, -0.05) is 67.9 Å². The fourth-order valence-electron chi connectivity index (χ4n) is 5.50. The van der Waals surface area contributed by atoms with Gasteiger partial charge in [0.05, 0.1) is 19.0 Å². The van der Waals surface area contributed by atoms with Crippen LogP contribution in [-0.4, -0.2) is 49.5 Å². The maximum atomic E-state index is 13.8. The zero-order valence-corrected chi connectivity index (χ0v) is 21.3. The third-order valence-corrected chi connectivity index (χ3v) is 7.46. The molecule has 0 radical (unpaired) electrons. The predicted octanol–water partition coefficient (Wildman–Crippen LogP) is 4.60. The Morgan fingerprint density at radius 3 is 2.51 bits per heavy atom. The molecule has 0 bridgehead atoms. The Kier molecular flexibility index (Phi) is 6.60. The second-order valence-electron chi connectivity index (χ2n) is 9.77. The van der Waals surface area contributed by atoms with Gasteiger partial charge < -0.3 is 9.67 Å². The summed E-state index contributed by atoms with van der Waals surface area (Å²) in [5.41, 5.74) is 1.75. The van der Waals surface area contributed by atoms with Crippen molar-refractivity contribution >= 4 is 29.7 Å². The van der Waals surface area contributed by atoms with E-state index in [0.29, 0.717) is 22.9 Å². The highest BCUT2D eigenvalue weighted by atomic mass is 16.3. The molecule has 1 aromatic heterocycles. The van der Waals surface area contributed by atoms with Crippen molar-refractivity contribution in [3.63, 3.8) is 0 Å². The van der Waals surface area contributed by atoms with Crippen molar-refractivity contribution in [3.05, 3.63) is 83.3 Å². The number of nitrogens with zero attached hydrogens (tertiary/aromatic N) is 5. The summed E-state index contributed by atoms with van der Waals surface area (Å²) in [6.07, 6.45) is 5.31. The number of ketones is 1. The van der Waals surface area contributed by atoms with Gasteiger partial charge in [-0.2, -0.15) is 0 Å². The maximum Gasteiger partial charge on any atom is 0.230 e. The summed E-state index contributed by atoms with van der Waals surface area (Å²) < 4.78 is 2.04. The summed E-state index contributed by atoms with van der Waals surface area (Å²) >= 11 is 0. The van der Waals surface area contributed by atoms with Gasteiger partial charge in [0.15, 0.2) is 11.6 Å². The SMILES string of the molecule is CCCC(C)n1cnc2c1N=CN=C1N(C(C)C(=O)c3ccccc3)C(=O)CC12c1ccc(CO)cc1. The van der Waals surface area contributed by atoms with Crippen LogP contribution in [-0.2, 0) is 16.8 Å². The Morgan fingerprint density at radius 1 is 1.11 bits per heavy atom. The quantitative estimate of drug-likeness (QED) is 0.460. The number of rotatable bonds is 8. The Hall–Kier alpha value is -3.91. The Bertz CT molecular complexity index is 1380. The largest absolute Gasteiger partial charge is 0.392 e. The molecule has 1 amide bonds. The fraction of sp³-hybridized carbons (Fsp3) is 0.345. The molecule has 3 unspecified atom stereocenters. The van der Waals surface area contributed by atoms with Crippen molar-refractivity contribution < 1.29 is 14.7 Å². The average molecular weight is 498 g/mol. The van der Waals surface area contributed by atoms with Crippen molar-refractivity contribution in [1.29, 1.82) is 0 Å². The summed E-state index contributed by atoms with van der Waals surface area (Å²) in [4.78, 5) is 43.0. The number of imidazole rings is 1. The van der Waals surface area contributed by atoms with Gasteiger partial charge >= 0.3 is 0 Å². The molecule has 0 aliphatic carbocycles. The first-order chi connectivity index (χ1) is 17.9. The van der Waals surface area contributed by atoms with E-state index in [1.807, 2.05) is 47.0 Å². The molecule has 2 aliphatic rings. The Morgan fingerprint density at radius 2 is 1.84 bits per heavy atom. The van der Waals surface area contributed by atoms with E-state index in [1.165, 1.54) is 11.2 Å². The molecule has 37 heavy (non-hydrogen) atoms. The number of aromatic nitrogens is 2. The second-order valence-corrected chi connectivity index (χ2v) is 9.77. The molecule has 190 valence electrons. The summed E-state index contributed by atoms with van der Waals surface area (Å²) in [5.74, 6) is 0.760. The molecule has 8 nitrogen and oxygen atoms in total. The molecular formula is C29H31N5O3. The highest BCUT2D eigenvalue weighted by molar-refractivity contribution is 6.19. The van der Waals surface area contributed by atoms with Crippen LogP contribution >= 0.6 is 0 Å². The van der Waals surface area contributed by atoms with Crippen LogP contribution in [0.5, 0.6) is 0 Å². The van der Waals surface area contributed by atoms with Gasteiger partial charge in [0, 0.05) is 18.0 Å². The molecule has 1 fully saturated rings. The van der Waals surface area contributed by atoms with Crippen LogP contribution in [0.3, 0.4) is 0 Å². The van der Waals surface area contributed by atoms with Crippen LogP contribution < -0.4 is 0 Å². The van der Waals surface area contributed by atoms with E-state index >= 15 is 0 Å². The van der Waals surface area contributed by atoms with E-state index in [9.17, 15) is 14.7 Å². The number of benzene rings is 2. The summed E-state index contributed by atoms with van der Waals surface area (Å²) in [5, 5.41) is 9.61. The number of hydrogen-bond acceptors (Lipinski definition) is 6. The first-order valence-electron chi connectivity index (χ1n) is 12.7. The van der Waals surface area contributed by atoms with E-state index in [-0.39, 0.29) is 30.8 Å². The fourth-order valence-corrected chi connectivity index (χ4v) is 5.50. The van der Waals surface area contributed by atoms with Crippen molar-refractivity contribution in [1.82, 2.24) is 14.5 Å².